The maximum atomic E-state index is 13.1. The predicted molar refractivity (Wildman–Crippen MR) is 98.7 cm³/mol. The maximum absolute atomic E-state index is 13.1. The number of halogens is 1. The van der Waals surface area contributed by atoms with Crippen molar-refractivity contribution in [2.75, 3.05) is 18.2 Å². The summed E-state index contributed by atoms with van der Waals surface area (Å²) in [6.07, 6.45) is 0. The van der Waals surface area contributed by atoms with E-state index in [1.54, 1.807) is 43.0 Å². The van der Waals surface area contributed by atoms with E-state index in [1.807, 2.05) is 12.1 Å². The number of thioether (sulfide) groups is 1. The minimum atomic E-state index is -0.307. The van der Waals surface area contributed by atoms with Crippen LogP contribution in [0.2, 0.25) is 0 Å². The predicted octanol–water partition coefficient (Wildman–Crippen LogP) is 3.36. The molecule has 1 amide bonds. The molecule has 0 saturated heterocycles. The van der Waals surface area contributed by atoms with E-state index >= 15 is 0 Å². The molecule has 0 bridgehead atoms. The Balaban J connectivity index is 1.65. The molecule has 8 heteroatoms. The molecule has 0 aliphatic rings. The van der Waals surface area contributed by atoms with Gasteiger partial charge in [-0.1, -0.05) is 23.9 Å². The zero-order valence-electron chi connectivity index (χ0n) is 14.3. The summed E-state index contributed by atoms with van der Waals surface area (Å²) in [5.41, 5.74) is 1.37. The lowest BCUT2D eigenvalue weighted by Gasteiger charge is -2.09. The number of amides is 1. The summed E-state index contributed by atoms with van der Waals surface area (Å²) in [7, 11) is 3.36. The van der Waals surface area contributed by atoms with Crippen LogP contribution < -0.4 is 10.1 Å². The van der Waals surface area contributed by atoms with Crippen molar-refractivity contribution in [1.82, 2.24) is 14.8 Å². The number of anilines is 1. The number of ether oxygens (including phenoxy) is 1. The van der Waals surface area contributed by atoms with Crippen LogP contribution in [0, 0.1) is 5.82 Å². The second-order valence-corrected chi connectivity index (χ2v) is 6.35. The van der Waals surface area contributed by atoms with Crippen LogP contribution in [-0.4, -0.2) is 33.5 Å². The molecule has 0 aliphatic carbocycles. The number of aromatic nitrogens is 3. The first kappa shape index (κ1) is 17.9. The minimum absolute atomic E-state index is 0.174. The second kappa shape index (κ2) is 8.01. The molecule has 1 N–H and O–H groups in total. The fourth-order valence-corrected chi connectivity index (χ4v) is 3.07. The Morgan fingerprint density at radius 1 is 1.19 bits per heavy atom. The molecule has 3 aromatic rings. The number of rotatable bonds is 6. The molecule has 0 fully saturated rings. The number of carbonyl (C=O) groups is 1. The van der Waals surface area contributed by atoms with Crippen LogP contribution in [-0.2, 0) is 11.8 Å². The van der Waals surface area contributed by atoms with Crippen molar-refractivity contribution in [3.8, 4) is 17.1 Å². The van der Waals surface area contributed by atoms with Gasteiger partial charge in [-0.2, -0.15) is 0 Å². The summed E-state index contributed by atoms with van der Waals surface area (Å²) in [5, 5.41) is 11.6. The van der Waals surface area contributed by atoms with Crippen molar-refractivity contribution in [3.63, 3.8) is 0 Å². The van der Waals surface area contributed by atoms with E-state index in [4.69, 9.17) is 4.74 Å². The van der Waals surface area contributed by atoms with E-state index in [2.05, 4.69) is 15.5 Å². The summed E-state index contributed by atoms with van der Waals surface area (Å²) in [6, 6.07) is 13.2. The standard InChI is InChI=1S/C18H17FN4O2S/c1-23-17(12-7-9-13(19)10-8-12)21-22-18(23)26-11-16(24)20-14-5-3-4-6-15(14)25-2/h3-10H,11H2,1-2H3,(H,20,24). The first-order chi connectivity index (χ1) is 12.6. The molecule has 6 nitrogen and oxygen atoms in total. The van der Waals surface area contributed by atoms with Crippen molar-refractivity contribution >= 4 is 23.4 Å². The zero-order chi connectivity index (χ0) is 18.5. The molecule has 0 radical (unpaired) electrons. The Kier molecular flexibility index (Phi) is 5.52. The largest absolute Gasteiger partial charge is 0.495 e. The van der Waals surface area contributed by atoms with Gasteiger partial charge in [-0.15, -0.1) is 10.2 Å². The van der Waals surface area contributed by atoms with Crippen LogP contribution in [0.3, 0.4) is 0 Å². The van der Waals surface area contributed by atoms with Crippen molar-refractivity contribution in [2.24, 2.45) is 7.05 Å². The highest BCUT2D eigenvalue weighted by Crippen LogP contribution is 2.25. The first-order valence-electron chi connectivity index (χ1n) is 7.79. The van der Waals surface area contributed by atoms with Gasteiger partial charge in [-0.3, -0.25) is 4.79 Å². The van der Waals surface area contributed by atoms with Crippen molar-refractivity contribution < 1.29 is 13.9 Å². The Bertz CT molecular complexity index is 912. The van der Waals surface area contributed by atoms with Gasteiger partial charge in [0.05, 0.1) is 18.6 Å². The van der Waals surface area contributed by atoms with Gasteiger partial charge in [-0.05, 0) is 36.4 Å². The van der Waals surface area contributed by atoms with Crippen molar-refractivity contribution in [1.29, 1.82) is 0 Å². The summed E-state index contributed by atoms with van der Waals surface area (Å²) in [5.74, 6) is 0.901. The third-order valence-corrected chi connectivity index (χ3v) is 4.67. The Labute approximate surface area is 154 Å². The van der Waals surface area contributed by atoms with Gasteiger partial charge in [0.2, 0.25) is 5.91 Å². The van der Waals surface area contributed by atoms with Gasteiger partial charge in [0, 0.05) is 12.6 Å². The van der Waals surface area contributed by atoms with Gasteiger partial charge in [0.25, 0.3) is 0 Å². The van der Waals surface area contributed by atoms with Crippen molar-refractivity contribution in [3.05, 3.63) is 54.3 Å². The van der Waals surface area contributed by atoms with Gasteiger partial charge in [0.1, 0.15) is 11.6 Å². The van der Waals surface area contributed by atoms with Crippen LogP contribution in [0.25, 0.3) is 11.4 Å². The minimum Gasteiger partial charge on any atom is -0.495 e. The lowest BCUT2D eigenvalue weighted by molar-refractivity contribution is -0.113. The van der Waals surface area contributed by atoms with E-state index in [9.17, 15) is 9.18 Å². The molecule has 0 unspecified atom stereocenters. The molecule has 3 rings (SSSR count). The highest BCUT2D eigenvalue weighted by molar-refractivity contribution is 7.99. The molecule has 0 atom stereocenters. The highest BCUT2D eigenvalue weighted by atomic mass is 32.2. The molecule has 1 aromatic heterocycles. The number of benzene rings is 2. The van der Waals surface area contributed by atoms with Gasteiger partial charge in [0.15, 0.2) is 11.0 Å². The SMILES string of the molecule is COc1ccccc1NC(=O)CSc1nnc(-c2ccc(F)cc2)n1C. The van der Waals surface area contributed by atoms with E-state index in [1.165, 1.54) is 23.9 Å². The third-order valence-electron chi connectivity index (χ3n) is 3.65. The number of hydrogen-bond donors (Lipinski definition) is 1. The normalized spacial score (nSPS) is 10.6. The monoisotopic (exact) mass is 372 g/mol. The molecule has 0 saturated carbocycles. The average molecular weight is 372 g/mol. The van der Waals surface area contributed by atoms with Gasteiger partial charge < -0.3 is 14.6 Å². The topological polar surface area (TPSA) is 69.0 Å². The summed E-state index contributed by atoms with van der Waals surface area (Å²) in [6.45, 7) is 0. The summed E-state index contributed by atoms with van der Waals surface area (Å²) < 4.78 is 20.0. The van der Waals surface area contributed by atoms with Crippen LogP contribution in [0.4, 0.5) is 10.1 Å². The number of carbonyl (C=O) groups excluding carboxylic acids is 1. The molecule has 134 valence electrons. The first-order valence-corrected chi connectivity index (χ1v) is 8.78. The second-order valence-electron chi connectivity index (χ2n) is 5.41. The molecule has 1 heterocycles. The number of para-hydroxylation sites is 2. The Morgan fingerprint density at radius 3 is 2.65 bits per heavy atom. The number of methoxy groups -OCH3 is 1. The maximum Gasteiger partial charge on any atom is 0.234 e. The molecule has 0 spiro atoms. The fourth-order valence-electron chi connectivity index (χ4n) is 2.36. The third kappa shape index (κ3) is 4.02. The lowest BCUT2D eigenvalue weighted by Crippen LogP contribution is -2.15. The molecule has 2 aromatic carbocycles. The number of nitrogens with zero attached hydrogens (tertiary/aromatic N) is 3. The Hall–Kier alpha value is -2.87. The van der Waals surface area contributed by atoms with E-state index in [0.29, 0.717) is 22.4 Å². The quantitative estimate of drug-likeness (QED) is 0.672. The van der Waals surface area contributed by atoms with E-state index < -0.39 is 0 Å². The average Bonchev–Trinajstić information content (AvgIpc) is 3.02. The van der Waals surface area contributed by atoms with Crippen LogP contribution in [0.5, 0.6) is 5.75 Å². The lowest BCUT2D eigenvalue weighted by atomic mass is 10.2. The number of nitrogens with one attached hydrogen (secondary N) is 1. The molecule has 0 aliphatic heterocycles. The zero-order valence-corrected chi connectivity index (χ0v) is 15.1. The van der Waals surface area contributed by atoms with Gasteiger partial charge >= 0.3 is 0 Å². The number of hydrogen-bond acceptors (Lipinski definition) is 5. The smallest absolute Gasteiger partial charge is 0.234 e. The summed E-state index contributed by atoms with van der Waals surface area (Å²) in [4.78, 5) is 12.2. The summed E-state index contributed by atoms with van der Waals surface area (Å²) >= 11 is 1.27. The highest BCUT2D eigenvalue weighted by Gasteiger charge is 2.14. The van der Waals surface area contributed by atoms with Crippen LogP contribution in [0.15, 0.2) is 53.7 Å². The fraction of sp³-hybridized carbons (Fsp3) is 0.167. The van der Waals surface area contributed by atoms with E-state index in [0.717, 1.165) is 5.56 Å². The van der Waals surface area contributed by atoms with Crippen molar-refractivity contribution in [2.45, 2.75) is 5.16 Å². The van der Waals surface area contributed by atoms with Gasteiger partial charge in [-0.25, -0.2) is 4.39 Å². The molecular formula is C18H17FN4O2S. The van der Waals surface area contributed by atoms with Crippen LogP contribution in [0.1, 0.15) is 0 Å². The molecule has 26 heavy (non-hydrogen) atoms. The Morgan fingerprint density at radius 2 is 1.92 bits per heavy atom. The van der Waals surface area contributed by atoms with Crippen LogP contribution >= 0.6 is 11.8 Å². The van der Waals surface area contributed by atoms with E-state index in [-0.39, 0.29) is 17.5 Å². The molecular weight excluding hydrogens is 355 g/mol.